The topological polar surface area (TPSA) is 125 Å². The number of para-hydroxylation sites is 1. The van der Waals surface area contributed by atoms with Crippen molar-refractivity contribution in [2.75, 3.05) is 0 Å². The summed E-state index contributed by atoms with van der Waals surface area (Å²) in [4.78, 5) is 13.8. The second kappa shape index (κ2) is 6.67. The van der Waals surface area contributed by atoms with E-state index in [0.717, 1.165) is 16.6 Å². The van der Waals surface area contributed by atoms with Crippen LogP contribution in [0.15, 0.2) is 30.3 Å². The number of carbonyl (C=O) groups is 1. The van der Waals surface area contributed by atoms with Gasteiger partial charge in [0.2, 0.25) is 0 Å². The van der Waals surface area contributed by atoms with E-state index in [2.05, 4.69) is 15.2 Å². The lowest BCUT2D eigenvalue weighted by molar-refractivity contribution is -0.137. The van der Waals surface area contributed by atoms with Gasteiger partial charge in [-0.25, -0.2) is 0 Å². The van der Waals surface area contributed by atoms with Crippen molar-refractivity contribution in [2.45, 2.75) is 25.8 Å². The number of aliphatic carboxylic acids is 1. The molecule has 0 spiro atoms. The molecule has 7 nitrogen and oxygen atoms in total. The first-order valence-electron chi connectivity index (χ1n) is 7.67. The van der Waals surface area contributed by atoms with Gasteiger partial charge in [-0.1, -0.05) is 12.1 Å². The van der Waals surface area contributed by atoms with Crippen molar-refractivity contribution in [2.24, 2.45) is 5.73 Å². The Morgan fingerprint density at radius 1 is 1.25 bits per heavy atom. The number of rotatable bonds is 6. The van der Waals surface area contributed by atoms with E-state index in [0.29, 0.717) is 36.3 Å². The highest BCUT2D eigenvalue weighted by molar-refractivity contribution is 5.85. The first kappa shape index (κ1) is 15.9. The van der Waals surface area contributed by atoms with Crippen molar-refractivity contribution in [1.82, 2.24) is 15.2 Å². The summed E-state index contributed by atoms with van der Waals surface area (Å²) in [5, 5.41) is 27.9. The highest BCUT2D eigenvalue weighted by Gasteiger charge is 2.14. The van der Waals surface area contributed by atoms with Gasteiger partial charge in [0.15, 0.2) is 5.65 Å². The molecule has 0 bridgehead atoms. The molecule has 3 rings (SSSR count). The molecule has 0 amide bonds. The van der Waals surface area contributed by atoms with Crippen LogP contribution in [0, 0.1) is 0 Å². The van der Waals surface area contributed by atoms with E-state index in [-0.39, 0.29) is 12.2 Å². The van der Waals surface area contributed by atoms with E-state index in [1.54, 1.807) is 18.2 Å². The summed E-state index contributed by atoms with van der Waals surface area (Å²) in [6.07, 6.45) is 1.21. The zero-order valence-electron chi connectivity index (χ0n) is 13.0. The number of aromatic hydroxyl groups is 1. The average Bonchev–Trinajstić information content (AvgIpc) is 2.91. The third kappa shape index (κ3) is 3.07. The Labute approximate surface area is 138 Å². The second-order valence-electron chi connectivity index (χ2n) is 5.54. The van der Waals surface area contributed by atoms with Gasteiger partial charge in [-0.3, -0.25) is 4.79 Å². The molecule has 1 aromatic carbocycles. The van der Waals surface area contributed by atoms with Crippen LogP contribution in [0.5, 0.6) is 5.75 Å². The van der Waals surface area contributed by atoms with Gasteiger partial charge in [0.1, 0.15) is 5.75 Å². The lowest BCUT2D eigenvalue weighted by Gasteiger charge is -2.04. The van der Waals surface area contributed by atoms with E-state index in [1.165, 1.54) is 0 Å². The second-order valence-corrected chi connectivity index (χ2v) is 5.54. The maximum absolute atomic E-state index is 10.7. The molecule has 0 saturated carbocycles. The number of carboxylic acid groups (broad SMARTS) is 1. The van der Waals surface area contributed by atoms with Crippen LogP contribution in [0.1, 0.15) is 24.1 Å². The molecule has 0 saturated heterocycles. The monoisotopic (exact) mass is 326 g/mol. The van der Waals surface area contributed by atoms with Gasteiger partial charge in [-0.2, -0.15) is 0 Å². The summed E-state index contributed by atoms with van der Waals surface area (Å²) in [5.74, 6) is -0.681. The number of phenolic OH excluding ortho intramolecular Hbond substituents is 1. The third-order valence-electron chi connectivity index (χ3n) is 3.95. The zero-order valence-corrected chi connectivity index (χ0v) is 13.0. The molecule has 124 valence electrons. The van der Waals surface area contributed by atoms with Crippen molar-refractivity contribution in [1.29, 1.82) is 0 Å². The lowest BCUT2D eigenvalue weighted by Crippen LogP contribution is -2.02. The molecule has 0 aliphatic carbocycles. The van der Waals surface area contributed by atoms with Crippen LogP contribution >= 0.6 is 0 Å². The molecular formula is C17H18N4O3. The summed E-state index contributed by atoms with van der Waals surface area (Å²) in [6, 6.07) is 8.77. The van der Waals surface area contributed by atoms with Crippen LogP contribution in [0.25, 0.3) is 22.3 Å². The number of nitrogens with one attached hydrogen (secondary N) is 1. The summed E-state index contributed by atoms with van der Waals surface area (Å²) < 4.78 is 0. The number of hydrogen-bond acceptors (Lipinski definition) is 5. The number of aryl methyl sites for hydroxylation is 1. The first-order chi connectivity index (χ1) is 11.6. The molecule has 7 heteroatoms. The molecular weight excluding hydrogens is 308 g/mol. The van der Waals surface area contributed by atoms with Gasteiger partial charge in [0, 0.05) is 29.6 Å². The maximum Gasteiger partial charge on any atom is 0.303 e. The van der Waals surface area contributed by atoms with Gasteiger partial charge in [-0.15, -0.1) is 10.2 Å². The fraction of sp³-hybridized carbons (Fsp3) is 0.235. The van der Waals surface area contributed by atoms with Crippen molar-refractivity contribution in [3.63, 3.8) is 0 Å². The molecule has 0 aliphatic heterocycles. The molecule has 5 N–H and O–H groups in total. The Balaban J connectivity index is 2.00. The molecule has 3 aromatic rings. The van der Waals surface area contributed by atoms with Crippen LogP contribution < -0.4 is 5.73 Å². The van der Waals surface area contributed by atoms with Crippen molar-refractivity contribution >= 4 is 17.0 Å². The number of phenols is 1. The number of aromatic amines is 1. The molecule has 0 radical (unpaired) electrons. The number of nitrogens with zero attached hydrogens (tertiary/aromatic N) is 2. The van der Waals surface area contributed by atoms with Crippen molar-refractivity contribution < 1.29 is 15.0 Å². The molecule has 0 fully saturated rings. The van der Waals surface area contributed by atoms with Crippen LogP contribution in [0.4, 0.5) is 0 Å². The SMILES string of the molecule is NCc1c(CCCC(=O)O)[nH]c2nnc(-c3ccccc3O)cc12. The quantitative estimate of drug-likeness (QED) is 0.550. The molecule has 2 aromatic heterocycles. The Bertz CT molecular complexity index is 889. The minimum absolute atomic E-state index is 0.105. The zero-order chi connectivity index (χ0) is 17.1. The standard InChI is InChI=1S/C17H18N4O3/c18-9-12-11-8-14(10-4-1-2-6-15(10)22)20-21-17(11)19-13(12)5-3-7-16(23)24/h1-2,4,6,8,22H,3,5,7,9,18H2,(H,19,21)(H,23,24). The minimum atomic E-state index is -0.818. The number of aromatic nitrogens is 3. The number of carboxylic acids is 1. The van der Waals surface area contributed by atoms with Crippen LogP contribution in [0.3, 0.4) is 0 Å². The Kier molecular flexibility index (Phi) is 4.43. The normalized spacial score (nSPS) is 11.0. The van der Waals surface area contributed by atoms with Crippen molar-refractivity contribution in [3.05, 3.63) is 41.6 Å². The predicted octanol–water partition coefficient (Wildman–Crippen LogP) is 2.20. The van der Waals surface area contributed by atoms with Gasteiger partial charge in [0.05, 0.1) is 5.69 Å². The first-order valence-corrected chi connectivity index (χ1v) is 7.67. The maximum atomic E-state index is 10.7. The number of H-pyrrole nitrogens is 1. The summed E-state index contributed by atoms with van der Waals surface area (Å²) in [6.45, 7) is 0.314. The number of benzene rings is 1. The van der Waals surface area contributed by atoms with E-state index < -0.39 is 5.97 Å². The number of fused-ring (bicyclic) bond motifs is 1. The largest absolute Gasteiger partial charge is 0.507 e. The average molecular weight is 326 g/mol. The van der Waals surface area contributed by atoms with Crippen LogP contribution in [-0.4, -0.2) is 31.4 Å². The van der Waals surface area contributed by atoms with Gasteiger partial charge < -0.3 is 20.9 Å². The number of hydrogen-bond donors (Lipinski definition) is 4. The molecule has 2 heterocycles. The molecule has 24 heavy (non-hydrogen) atoms. The highest BCUT2D eigenvalue weighted by atomic mass is 16.4. The van der Waals surface area contributed by atoms with E-state index in [4.69, 9.17) is 10.8 Å². The summed E-state index contributed by atoms with van der Waals surface area (Å²) in [7, 11) is 0. The summed E-state index contributed by atoms with van der Waals surface area (Å²) in [5.41, 5.74) is 9.44. The van der Waals surface area contributed by atoms with E-state index >= 15 is 0 Å². The molecule has 0 aliphatic rings. The highest BCUT2D eigenvalue weighted by Crippen LogP contribution is 2.30. The Morgan fingerprint density at radius 2 is 2.04 bits per heavy atom. The summed E-state index contributed by atoms with van der Waals surface area (Å²) >= 11 is 0. The van der Waals surface area contributed by atoms with E-state index in [9.17, 15) is 9.90 Å². The third-order valence-corrected chi connectivity index (χ3v) is 3.95. The number of nitrogens with two attached hydrogens (primary N) is 1. The smallest absolute Gasteiger partial charge is 0.303 e. The predicted molar refractivity (Wildman–Crippen MR) is 89.5 cm³/mol. The Morgan fingerprint density at radius 3 is 2.75 bits per heavy atom. The van der Waals surface area contributed by atoms with Crippen LogP contribution in [0.2, 0.25) is 0 Å². The minimum Gasteiger partial charge on any atom is -0.507 e. The van der Waals surface area contributed by atoms with E-state index in [1.807, 2.05) is 12.1 Å². The van der Waals surface area contributed by atoms with Gasteiger partial charge in [-0.05, 0) is 36.6 Å². The fourth-order valence-corrected chi connectivity index (χ4v) is 2.78. The molecule has 0 unspecified atom stereocenters. The fourth-order valence-electron chi connectivity index (χ4n) is 2.78. The van der Waals surface area contributed by atoms with Gasteiger partial charge >= 0.3 is 5.97 Å². The van der Waals surface area contributed by atoms with Crippen molar-refractivity contribution in [3.8, 4) is 17.0 Å². The lowest BCUT2D eigenvalue weighted by atomic mass is 10.1. The van der Waals surface area contributed by atoms with Crippen LogP contribution in [-0.2, 0) is 17.8 Å². The molecule has 0 atom stereocenters. The Hall–Kier alpha value is -2.93. The van der Waals surface area contributed by atoms with Gasteiger partial charge in [0.25, 0.3) is 0 Å².